The van der Waals surface area contributed by atoms with Crippen molar-refractivity contribution in [2.75, 3.05) is 0 Å². The van der Waals surface area contributed by atoms with Crippen molar-refractivity contribution < 1.29 is 4.79 Å². The number of benzene rings is 1. The van der Waals surface area contributed by atoms with Gasteiger partial charge in [-0.25, -0.2) is 0 Å². The molecular formula is C16H21NO. The molecule has 96 valence electrons. The van der Waals surface area contributed by atoms with Crippen molar-refractivity contribution in [1.29, 1.82) is 0 Å². The molecule has 1 saturated carbocycles. The minimum atomic E-state index is 0.323. The lowest BCUT2D eigenvalue weighted by molar-refractivity contribution is -0.115. The smallest absolute Gasteiger partial charge is 0.160 e. The van der Waals surface area contributed by atoms with Gasteiger partial charge in [-0.05, 0) is 31.7 Å². The van der Waals surface area contributed by atoms with E-state index in [0.717, 1.165) is 37.8 Å². The molecular weight excluding hydrogens is 222 g/mol. The summed E-state index contributed by atoms with van der Waals surface area (Å²) in [6.45, 7) is 2.88. The lowest BCUT2D eigenvalue weighted by Gasteiger charge is -2.05. The van der Waals surface area contributed by atoms with Gasteiger partial charge in [0.25, 0.3) is 0 Å². The van der Waals surface area contributed by atoms with Gasteiger partial charge in [-0.1, -0.05) is 36.2 Å². The molecule has 1 aliphatic rings. The van der Waals surface area contributed by atoms with Crippen molar-refractivity contribution in [3.8, 4) is 0 Å². The third kappa shape index (κ3) is 3.73. The number of hydrogen-bond donors (Lipinski definition) is 1. The molecule has 1 aliphatic carbocycles. The van der Waals surface area contributed by atoms with E-state index in [0.29, 0.717) is 5.78 Å². The molecule has 0 bridgehead atoms. The third-order valence-corrected chi connectivity index (χ3v) is 3.41. The van der Waals surface area contributed by atoms with E-state index in [1.54, 1.807) is 0 Å². The Labute approximate surface area is 109 Å². The number of hydrogen-bond acceptors (Lipinski definition) is 2. The van der Waals surface area contributed by atoms with Crippen LogP contribution in [0.1, 0.15) is 43.2 Å². The molecule has 1 N–H and O–H groups in total. The summed E-state index contributed by atoms with van der Waals surface area (Å²) in [6.07, 6.45) is 6.95. The average Bonchev–Trinajstić information content (AvgIpc) is 2.57. The van der Waals surface area contributed by atoms with E-state index >= 15 is 0 Å². The highest BCUT2D eigenvalue weighted by atomic mass is 16.1. The zero-order valence-corrected chi connectivity index (χ0v) is 11.0. The van der Waals surface area contributed by atoms with Crippen LogP contribution in [0, 0.1) is 6.92 Å². The fourth-order valence-corrected chi connectivity index (χ4v) is 2.23. The zero-order chi connectivity index (χ0) is 12.8. The monoisotopic (exact) mass is 243 g/mol. The summed E-state index contributed by atoms with van der Waals surface area (Å²) in [7, 11) is 0. The lowest BCUT2D eigenvalue weighted by atomic mass is 10.1. The average molecular weight is 243 g/mol. The van der Waals surface area contributed by atoms with Gasteiger partial charge < -0.3 is 5.32 Å². The van der Waals surface area contributed by atoms with Crippen molar-refractivity contribution >= 4 is 5.78 Å². The minimum Gasteiger partial charge on any atom is -0.386 e. The first-order valence-electron chi connectivity index (χ1n) is 6.77. The summed E-state index contributed by atoms with van der Waals surface area (Å²) in [5, 5.41) is 3.27. The predicted molar refractivity (Wildman–Crippen MR) is 74.2 cm³/mol. The van der Waals surface area contributed by atoms with Crippen molar-refractivity contribution in [3.05, 3.63) is 47.2 Å². The Kier molecular flexibility index (Phi) is 4.57. The zero-order valence-electron chi connectivity index (χ0n) is 11.0. The molecule has 2 rings (SSSR count). The van der Waals surface area contributed by atoms with Crippen LogP contribution < -0.4 is 5.32 Å². The number of aryl methyl sites for hydroxylation is 1. The van der Waals surface area contributed by atoms with Gasteiger partial charge >= 0.3 is 0 Å². The molecule has 1 aromatic carbocycles. The molecule has 0 saturated heterocycles. The Morgan fingerprint density at radius 1 is 1.11 bits per heavy atom. The summed E-state index contributed by atoms with van der Waals surface area (Å²) in [5.41, 5.74) is 3.49. The van der Waals surface area contributed by atoms with E-state index in [-0.39, 0.29) is 0 Å². The first-order valence-corrected chi connectivity index (χ1v) is 6.77. The summed E-state index contributed by atoms with van der Waals surface area (Å²) < 4.78 is 0. The fraction of sp³-hybridized carbons (Fsp3) is 0.438. The van der Waals surface area contributed by atoms with Crippen LogP contribution in [-0.2, 0) is 11.3 Å². The Hall–Kier alpha value is -1.57. The number of nitrogens with one attached hydrogen (secondary N) is 1. The van der Waals surface area contributed by atoms with Crippen molar-refractivity contribution in [3.63, 3.8) is 0 Å². The van der Waals surface area contributed by atoms with E-state index in [9.17, 15) is 4.79 Å². The maximum Gasteiger partial charge on any atom is 0.160 e. The van der Waals surface area contributed by atoms with Crippen LogP contribution in [0.2, 0.25) is 0 Å². The molecule has 0 heterocycles. The molecule has 2 nitrogen and oxygen atoms in total. The first kappa shape index (κ1) is 12.9. The summed E-state index contributed by atoms with van der Waals surface area (Å²) in [5.74, 6) is 0.323. The van der Waals surface area contributed by atoms with Crippen LogP contribution in [0.5, 0.6) is 0 Å². The minimum absolute atomic E-state index is 0.323. The highest BCUT2D eigenvalue weighted by Crippen LogP contribution is 2.18. The predicted octanol–water partition coefficient (Wildman–Crippen LogP) is 3.50. The highest BCUT2D eigenvalue weighted by Gasteiger charge is 2.12. The summed E-state index contributed by atoms with van der Waals surface area (Å²) in [6, 6.07) is 8.47. The summed E-state index contributed by atoms with van der Waals surface area (Å²) in [4.78, 5) is 11.8. The van der Waals surface area contributed by atoms with E-state index < -0.39 is 0 Å². The maximum atomic E-state index is 11.8. The molecule has 1 fully saturated rings. The Morgan fingerprint density at radius 2 is 1.83 bits per heavy atom. The normalized spacial score (nSPS) is 18.7. The largest absolute Gasteiger partial charge is 0.386 e. The number of rotatable bonds is 3. The van der Waals surface area contributed by atoms with E-state index in [4.69, 9.17) is 0 Å². The lowest BCUT2D eigenvalue weighted by Crippen LogP contribution is -2.09. The molecule has 0 amide bonds. The van der Waals surface area contributed by atoms with E-state index in [1.165, 1.54) is 17.5 Å². The summed E-state index contributed by atoms with van der Waals surface area (Å²) >= 11 is 0. The first-order chi connectivity index (χ1) is 8.75. The topological polar surface area (TPSA) is 29.1 Å². The molecule has 0 aromatic heterocycles. The number of Topliss-reactive ketones (excluding diaryl/α,β-unsaturated/α-hetero) is 1. The Morgan fingerprint density at radius 3 is 2.61 bits per heavy atom. The quantitative estimate of drug-likeness (QED) is 0.650. The second-order valence-electron chi connectivity index (χ2n) is 5.02. The van der Waals surface area contributed by atoms with Crippen LogP contribution in [0.25, 0.3) is 0 Å². The second-order valence-corrected chi connectivity index (χ2v) is 5.02. The number of carbonyl (C=O) groups excluding carboxylic acids is 1. The standard InChI is InChI=1S/C16H21NO/c1-13-7-9-14(10-8-13)11-17-12-15-5-3-2-4-6-16(15)18/h7-10,12,17H,2-6,11H2,1H3/b15-12+. The maximum absolute atomic E-state index is 11.8. The van der Waals surface area contributed by atoms with Crippen molar-refractivity contribution in [2.45, 2.75) is 45.6 Å². The van der Waals surface area contributed by atoms with Crippen LogP contribution in [0.4, 0.5) is 0 Å². The molecule has 18 heavy (non-hydrogen) atoms. The van der Waals surface area contributed by atoms with E-state index in [1.807, 2.05) is 6.20 Å². The molecule has 0 unspecified atom stereocenters. The van der Waals surface area contributed by atoms with Gasteiger partial charge in [-0.3, -0.25) is 4.79 Å². The van der Waals surface area contributed by atoms with Gasteiger partial charge in [0.1, 0.15) is 0 Å². The number of allylic oxidation sites excluding steroid dienone is 1. The van der Waals surface area contributed by atoms with Gasteiger partial charge in [0, 0.05) is 24.7 Å². The SMILES string of the molecule is Cc1ccc(CN/C=C2\CCCCCC2=O)cc1. The Balaban J connectivity index is 1.89. The Bertz CT molecular complexity index is 431. The van der Waals surface area contributed by atoms with Crippen LogP contribution in [0.3, 0.4) is 0 Å². The molecule has 0 atom stereocenters. The third-order valence-electron chi connectivity index (χ3n) is 3.41. The van der Waals surface area contributed by atoms with Crippen LogP contribution >= 0.6 is 0 Å². The van der Waals surface area contributed by atoms with E-state index in [2.05, 4.69) is 36.5 Å². The number of ketones is 1. The fourth-order valence-electron chi connectivity index (χ4n) is 2.23. The van der Waals surface area contributed by atoms with Crippen LogP contribution in [-0.4, -0.2) is 5.78 Å². The van der Waals surface area contributed by atoms with Crippen molar-refractivity contribution in [1.82, 2.24) is 5.32 Å². The molecule has 0 radical (unpaired) electrons. The van der Waals surface area contributed by atoms with Gasteiger partial charge in [-0.2, -0.15) is 0 Å². The molecule has 0 aliphatic heterocycles. The molecule has 1 aromatic rings. The van der Waals surface area contributed by atoms with Gasteiger partial charge in [0.15, 0.2) is 5.78 Å². The highest BCUT2D eigenvalue weighted by molar-refractivity contribution is 5.95. The van der Waals surface area contributed by atoms with Crippen molar-refractivity contribution in [2.24, 2.45) is 0 Å². The molecule has 0 spiro atoms. The molecule has 2 heteroatoms. The van der Waals surface area contributed by atoms with Gasteiger partial charge in [0.2, 0.25) is 0 Å². The van der Waals surface area contributed by atoms with Gasteiger partial charge in [-0.15, -0.1) is 0 Å². The second kappa shape index (κ2) is 6.39. The van der Waals surface area contributed by atoms with Crippen LogP contribution in [0.15, 0.2) is 36.0 Å². The number of carbonyl (C=O) groups is 1. The van der Waals surface area contributed by atoms with Gasteiger partial charge in [0.05, 0.1) is 0 Å².